The van der Waals surface area contributed by atoms with Crippen LogP contribution in [0.15, 0.2) is 30.9 Å². The predicted molar refractivity (Wildman–Crippen MR) is 67.7 cm³/mol. The first-order valence-corrected chi connectivity index (χ1v) is 5.84. The normalized spacial score (nSPS) is 22.6. The Bertz CT molecular complexity index is 544. The Morgan fingerprint density at radius 2 is 2.11 bits per heavy atom. The highest BCUT2D eigenvalue weighted by Crippen LogP contribution is 2.29. The zero-order chi connectivity index (χ0) is 13.3. The van der Waals surface area contributed by atoms with Gasteiger partial charge >= 0.3 is 6.09 Å². The summed E-state index contributed by atoms with van der Waals surface area (Å²) in [6.45, 7) is 3.54. The molecular weight excluding hydrogens is 277 g/mol. The smallest absolute Gasteiger partial charge is 0.415 e. The van der Waals surface area contributed by atoms with Crippen molar-refractivity contribution in [1.29, 1.82) is 0 Å². The average molecular weight is 286 g/mol. The van der Waals surface area contributed by atoms with Crippen LogP contribution in [0.2, 0.25) is 10.0 Å². The van der Waals surface area contributed by atoms with Crippen molar-refractivity contribution in [3.8, 4) is 0 Å². The van der Waals surface area contributed by atoms with Crippen molar-refractivity contribution in [2.45, 2.75) is 12.0 Å². The van der Waals surface area contributed by atoms with Crippen LogP contribution in [0.4, 0.5) is 4.79 Å². The van der Waals surface area contributed by atoms with Gasteiger partial charge in [0.1, 0.15) is 0 Å². The third kappa shape index (κ3) is 2.21. The Hall–Kier alpha value is -1.52. The minimum atomic E-state index is -1.41. The van der Waals surface area contributed by atoms with Gasteiger partial charge in [-0.15, -0.1) is 0 Å². The Morgan fingerprint density at radius 3 is 2.61 bits per heavy atom. The first-order valence-electron chi connectivity index (χ1n) is 5.09. The molecule has 0 radical (unpaired) electrons. The van der Waals surface area contributed by atoms with Crippen LogP contribution in [0.1, 0.15) is 5.56 Å². The summed E-state index contributed by atoms with van der Waals surface area (Å²) in [5, 5.41) is 2.96. The van der Waals surface area contributed by atoms with E-state index in [-0.39, 0.29) is 6.42 Å². The lowest BCUT2D eigenvalue weighted by Crippen LogP contribution is -2.39. The molecule has 0 spiro atoms. The molecule has 1 fully saturated rings. The van der Waals surface area contributed by atoms with Gasteiger partial charge in [-0.05, 0) is 23.8 Å². The maximum absolute atomic E-state index is 11.7. The minimum absolute atomic E-state index is 0.115. The molecule has 1 N–H and O–H groups in total. The fourth-order valence-electron chi connectivity index (χ4n) is 1.71. The quantitative estimate of drug-likeness (QED) is 0.869. The van der Waals surface area contributed by atoms with E-state index in [2.05, 4.69) is 11.9 Å². The molecule has 2 amide bonds. The lowest BCUT2D eigenvalue weighted by atomic mass is 9.94. The number of imide groups is 1. The maximum Gasteiger partial charge on any atom is 0.415 e. The highest BCUT2D eigenvalue weighted by atomic mass is 35.5. The minimum Gasteiger partial charge on any atom is -0.428 e. The number of hydrogen-bond donors (Lipinski definition) is 1. The first-order chi connectivity index (χ1) is 8.47. The van der Waals surface area contributed by atoms with Gasteiger partial charge in [0.2, 0.25) is 5.60 Å². The lowest BCUT2D eigenvalue weighted by molar-refractivity contribution is -0.127. The molecule has 1 aromatic carbocycles. The molecule has 1 saturated heterocycles. The van der Waals surface area contributed by atoms with E-state index < -0.39 is 17.6 Å². The molecule has 0 aromatic heterocycles. The number of hydrogen-bond acceptors (Lipinski definition) is 3. The van der Waals surface area contributed by atoms with E-state index in [0.29, 0.717) is 15.6 Å². The summed E-state index contributed by atoms with van der Waals surface area (Å²) >= 11 is 11.8. The molecule has 18 heavy (non-hydrogen) atoms. The summed E-state index contributed by atoms with van der Waals surface area (Å²) in [6, 6.07) is 4.88. The summed E-state index contributed by atoms with van der Waals surface area (Å²) in [5.41, 5.74) is -0.764. The lowest BCUT2D eigenvalue weighted by Gasteiger charge is -2.20. The SMILES string of the molecule is C=CC1(Cc2ccc(Cl)cc2Cl)OC(=O)NC1=O. The summed E-state index contributed by atoms with van der Waals surface area (Å²) in [5.74, 6) is -0.548. The maximum atomic E-state index is 11.7. The predicted octanol–water partition coefficient (Wildman–Crippen LogP) is 2.73. The molecule has 6 heteroatoms. The van der Waals surface area contributed by atoms with Crippen LogP contribution in [0.5, 0.6) is 0 Å². The van der Waals surface area contributed by atoms with Crippen LogP contribution in [0, 0.1) is 0 Å². The van der Waals surface area contributed by atoms with Gasteiger partial charge in [-0.1, -0.05) is 35.8 Å². The molecule has 4 nitrogen and oxygen atoms in total. The van der Waals surface area contributed by atoms with Crippen molar-refractivity contribution < 1.29 is 14.3 Å². The molecule has 1 aliphatic rings. The third-order valence-electron chi connectivity index (χ3n) is 2.67. The van der Waals surface area contributed by atoms with Crippen LogP contribution >= 0.6 is 23.2 Å². The highest BCUT2D eigenvalue weighted by molar-refractivity contribution is 6.35. The summed E-state index contributed by atoms with van der Waals surface area (Å²) in [6.07, 6.45) is 0.618. The Labute approximate surface area is 114 Å². The highest BCUT2D eigenvalue weighted by Gasteiger charge is 2.46. The molecule has 1 aliphatic heterocycles. The number of carbonyl (C=O) groups excluding carboxylic acids is 2. The van der Waals surface area contributed by atoms with Gasteiger partial charge in [-0.2, -0.15) is 0 Å². The van der Waals surface area contributed by atoms with Gasteiger partial charge in [-0.25, -0.2) is 4.79 Å². The van der Waals surface area contributed by atoms with E-state index in [1.807, 2.05) is 0 Å². The van der Waals surface area contributed by atoms with E-state index in [1.165, 1.54) is 6.08 Å². The fourth-order valence-corrected chi connectivity index (χ4v) is 2.18. The summed E-state index contributed by atoms with van der Waals surface area (Å²) in [7, 11) is 0. The van der Waals surface area contributed by atoms with Gasteiger partial charge in [-0.3, -0.25) is 10.1 Å². The molecule has 94 valence electrons. The van der Waals surface area contributed by atoms with Gasteiger partial charge in [0.15, 0.2) is 0 Å². The van der Waals surface area contributed by atoms with E-state index in [1.54, 1.807) is 18.2 Å². The molecule has 1 aromatic rings. The van der Waals surface area contributed by atoms with E-state index in [4.69, 9.17) is 27.9 Å². The van der Waals surface area contributed by atoms with Gasteiger partial charge in [0.05, 0.1) is 0 Å². The molecule has 2 rings (SSSR count). The van der Waals surface area contributed by atoms with Gasteiger partial charge < -0.3 is 4.74 Å². The number of ether oxygens (including phenoxy) is 1. The second kappa shape index (κ2) is 4.63. The molecule has 1 heterocycles. The Morgan fingerprint density at radius 1 is 1.39 bits per heavy atom. The largest absolute Gasteiger partial charge is 0.428 e. The van der Waals surface area contributed by atoms with Crippen LogP contribution in [-0.2, 0) is 16.0 Å². The monoisotopic (exact) mass is 285 g/mol. The van der Waals surface area contributed by atoms with Crippen molar-refractivity contribution in [1.82, 2.24) is 5.32 Å². The fraction of sp³-hybridized carbons (Fsp3) is 0.167. The molecule has 0 saturated carbocycles. The zero-order valence-corrected chi connectivity index (χ0v) is 10.7. The molecule has 1 unspecified atom stereocenters. The van der Waals surface area contributed by atoms with Crippen molar-refractivity contribution >= 4 is 35.2 Å². The number of halogens is 2. The molecule has 0 aliphatic carbocycles. The summed E-state index contributed by atoms with van der Waals surface area (Å²) < 4.78 is 4.99. The number of cyclic esters (lactones) is 1. The van der Waals surface area contributed by atoms with Crippen LogP contribution in [0.25, 0.3) is 0 Å². The number of carbonyl (C=O) groups is 2. The van der Waals surface area contributed by atoms with Gasteiger partial charge in [0.25, 0.3) is 5.91 Å². The van der Waals surface area contributed by atoms with E-state index >= 15 is 0 Å². The number of alkyl carbamates (subject to hydrolysis) is 1. The van der Waals surface area contributed by atoms with Crippen molar-refractivity contribution in [2.75, 3.05) is 0 Å². The van der Waals surface area contributed by atoms with E-state index in [0.717, 1.165) is 0 Å². The Balaban J connectivity index is 2.34. The summed E-state index contributed by atoms with van der Waals surface area (Å²) in [4.78, 5) is 22.8. The molecule has 1 atom stereocenters. The number of amides is 2. The van der Waals surface area contributed by atoms with Crippen molar-refractivity contribution in [3.63, 3.8) is 0 Å². The average Bonchev–Trinajstić information content (AvgIpc) is 2.58. The zero-order valence-electron chi connectivity index (χ0n) is 9.20. The van der Waals surface area contributed by atoms with Crippen molar-refractivity contribution in [3.05, 3.63) is 46.5 Å². The van der Waals surface area contributed by atoms with Gasteiger partial charge in [0, 0.05) is 16.5 Å². The van der Waals surface area contributed by atoms with Crippen LogP contribution in [0.3, 0.4) is 0 Å². The topological polar surface area (TPSA) is 55.4 Å². The Kier molecular flexibility index (Phi) is 3.32. The van der Waals surface area contributed by atoms with Crippen molar-refractivity contribution in [2.24, 2.45) is 0 Å². The first kappa shape index (κ1) is 12.9. The number of rotatable bonds is 3. The second-order valence-corrected chi connectivity index (χ2v) is 4.69. The molecule has 0 bridgehead atoms. The standard InChI is InChI=1S/C12H9Cl2NO3/c1-2-12(10(16)15-11(17)18-12)6-7-3-4-8(13)5-9(7)14/h2-5H,1,6H2,(H,15,16,17). The second-order valence-electron chi connectivity index (χ2n) is 3.85. The van der Waals surface area contributed by atoms with Crippen LogP contribution < -0.4 is 5.32 Å². The van der Waals surface area contributed by atoms with E-state index in [9.17, 15) is 9.59 Å². The van der Waals surface area contributed by atoms with Crippen LogP contribution in [-0.4, -0.2) is 17.6 Å². The number of nitrogens with one attached hydrogen (secondary N) is 1. The third-order valence-corrected chi connectivity index (χ3v) is 3.26. The molecular formula is C12H9Cl2NO3. The number of benzene rings is 1.